The van der Waals surface area contributed by atoms with Crippen molar-refractivity contribution >= 4 is 18.2 Å². The Labute approximate surface area is 168 Å². The van der Waals surface area contributed by atoms with Gasteiger partial charge >= 0.3 is 0 Å². The summed E-state index contributed by atoms with van der Waals surface area (Å²) in [5.74, 6) is -2.34. The molecule has 3 aromatic carbocycles. The molecule has 0 amide bonds. The van der Waals surface area contributed by atoms with Crippen LogP contribution in [-0.2, 0) is 0 Å². The van der Waals surface area contributed by atoms with Crippen molar-refractivity contribution in [1.82, 2.24) is 0 Å². The molecule has 0 aliphatic carbocycles. The molecular formula is C25H21F3O. The van der Waals surface area contributed by atoms with Gasteiger partial charge in [-0.1, -0.05) is 60.7 Å². The maximum absolute atomic E-state index is 14.4. The summed E-state index contributed by atoms with van der Waals surface area (Å²) in [6, 6.07) is 14.9. The molecule has 0 saturated heterocycles. The van der Waals surface area contributed by atoms with Crippen LogP contribution in [0.25, 0.3) is 29.4 Å². The zero-order valence-corrected chi connectivity index (χ0v) is 16.3. The molecule has 0 aromatic heterocycles. The van der Waals surface area contributed by atoms with Crippen molar-refractivity contribution < 1.29 is 17.9 Å². The second-order valence-corrected chi connectivity index (χ2v) is 6.41. The van der Waals surface area contributed by atoms with Gasteiger partial charge in [0.25, 0.3) is 0 Å². The highest BCUT2D eigenvalue weighted by Crippen LogP contribution is 2.30. The van der Waals surface area contributed by atoms with E-state index >= 15 is 0 Å². The van der Waals surface area contributed by atoms with Gasteiger partial charge in [0, 0.05) is 11.1 Å². The summed E-state index contributed by atoms with van der Waals surface area (Å²) in [6.45, 7) is 3.85. The van der Waals surface area contributed by atoms with Gasteiger partial charge in [0.05, 0.1) is 6.61 Å². The lowest BCUT2D eigenvalue weighted by atomic mass is 10.0. The summed E-state index contributed by atoms with van der Waals surface area (Å²) < 4.78 is 47.7. The minimum absolute atomic E-state index is 0.101. The van der Waals surface area contributed by atoms with Gasteiger partial charge in [0.15, 0.2) is 11.6 Å². The van der Waals surface area contributed by atoms with Crippen molar-refractivity contribution in [3.63, 3.8) is 0 Å². The topological polar surface area (TPSA) is 9.23 Å². The average Bonchev–Trinajstić information content (AvgIpc) is 2.72. The van der Waals surface area contributed by atoms with Gasteiger partial charge in [0.2, 0.25) is 5.82 Å². The Morgan fingerprint density at radius 2 is 1.52 bits per heavy atom. The number of ether oxygens (including phenoxy) is 1. The Morgan fingerprint density at radius 1 is 0.793 bits per heavy atom. The normalized spacial score (nSPS) is 11.5. The van der Waals surface area contributed by atoms with Gasteiger partial charge in [-0.25, -0.2) is 8.78 Å². The first kappa shape index (κ1) is 20.5. The fourth-order valence-electron chi connectivity index (χ4n) is 2.96. The van der Waals surface area contributed by atoms with Gasteiger partial charge < -0.3 is 4.74 Å². The number of benzene rings is 3. The lowest BCUT2D eigenvalue weighted by Crippen LogP contribution is -1.98. The molecular weight excluding hydrogens is 373 g/mol. The molecule has 0 unspecified atom stereocenters. The number of rotatable bonds is 6. The Balaban J connectivity index is 1.81. The highest BCUT2D eigenvalue weighted by Gasteiger charge is 2.15. The van der Waals surface area contributed by atoms with E-state index in [9.17, 15) is 13.2 Å². The zero-order valence-electron chi connectivity index (χ0n) is 16.3. The molecule has 29 heavy (non-hydrogen) atoms. The summed E-state index contributed by atoms with van der Waals surface area (Å²) in [5.41, 5.74) is 2.80. The fourth-order valence-corrected chi connectivity index (χ4v) is 2.96. The Bertz CT molecular complexity index is 1050. The molecule has 0 aliphatic rings. The largest absolute Gasteiger partial charge is 0.491 e. The van der Waals surface area contributed by atoms with E-state index in [0.717, 1.165) is 11.1 Å². The number of halogens is 3. The molecule has 0 heterocycles. The van der Waals surface area contributed by atoms with Crippen LogP contribution in [0.4, 0.5) is 13.2 Å². The van der Waals surface area contributed by atoms with Crippen LogP contribution < -0.4 is 4.74 Å². The van der Waals surface area contributed by atoms with Crippen LogP contribution in [0.3, 0.4) is 0 Å². The molecule has 0 fully saturated rings. The van der Waals surface area contributed by atoms with Crippen molar-refractivity contribution in [2.45, 2.75) is 13.8 Å². The smallest absolute Gasteiger partial charge is 0.201 e. The van der Waals surface area contributed by atoms with Crippen LogP contribution >= 0.6 is 0 Å². The first-order valence-corrected chi connectivity index (χ1v) is 9.35. The molecule has 0 bridgehead atoms. The molecule has 3 aromatic rings. The number of allylic oxidation sites excluding steroid dienone is 1. The molecule has 1 nitrogen and oxygen atoms in total. The van der Waals surface area contributed by atoms with E-state index in [1.165, 1.54) is 18.2 Å². The second-order valence-electron chi connectivity index (χ2n) is 6.41. The van der Waals surface area contributed by atoms with Crippen LogP contribution in [0.1, 0.15) is 30.5 Å². The molecule has 4 heteroatoms. The highest BCUT2D eigenvalue weighted by molar-refractivity contribution is 5.73. The summed E-state index contributed by atoms with van der Waals surface area (Å²) >= 11 is 0. The Hall–Kier alpha value is -3.27. The average molecular weight is 394 g/mol. The quantitative estimate of drug-likeness (QED) is 0.397. The second kappa shape index (κ2) is 9.28. The van der Waals surface area contributed by atoms with Crippen molar-refractivity contribution in [1.29, 1.82) is 0 Å². The summed E-state index contributed by atoms with van der Waals surface area (Å²) in [6.07, 6.45) is 7.14. The zero-order chi connectivity index (χ0) is 20.8. The summed E-state index contributed by atoms with van der Waals surface area (Å²) in [4.78, 5) is 0. The van der Waals surface area contributed by atoms with Gasteiger partial charge in [-0.2, -0.15) is 4.39 Å². The van der Waals surface area contributed by atoms with Crippen LogP contribution in [0, 0.1) is 17.5 Å². The lowest BCUT2D eigenvalue weighted by Gasteiger charge is -2.09. The van der Waals surface area contributed by atoms with Crippen molar-refractivity contribution in [2.75, 3.05) is 6.61 Å². The maximum atomic E-state index is 14.4. The predicted molar refractivity (Wildman–Crippen MR) is 113 cm³/mol. The van der Waals surface area contributed by atoms with Gasteiger partial charge in [0.1, 0.15) is 5.82 Å². The van der Waals surface area contributed by atoms with E-state index in [2.05, 4.69) is 0 Å². The summed E-state index contributed by atoms with van der Waals surface area (Å²) in [7, 11) is 0. The monoisotopic (exact) mass is 394 g/mol. The fraction of sp³-hybridized carbons (Fsp3) is 0.120. The molecule has 0 aliphatic heterocycles. The van der Waals surface area contributed by atoms with E-state index in [1.54, 1.807) is 49.4 Å². The van der Waals surface area contributed by atoms with Crippen molar-refractivity contribution in [3.05, 3.63) is 94.8 Å². The van der Waals surface area contributed by atoms with E-state index in [-0.39, 0.29) is 23.7 Å². The summed E-state index contributed by atoms with van der Waals surface area (Å²) in [5, 5.41) is 0. The first-order chi connectivity index (χ1) is 14.0. The van der Waals surface area contributed by atoms with Crippen LogP contribution in [-0.4, -0.2) is 6.61 Å². The maximum Gasteiger partial charge on any atom is 0.201 e. The number of hydrogen-bond acceptors (Lipinski definition) is 1. The van der Waals surface area contributed by atoms with Crippen LogP contribution in [0.2, 0.25) is 0 Å². The van der Waals surface area contributed by atoms with Gasteiger partial charge in [-0.05, 0) is 48.7 Å². The molecule has 0 atom stereocenters. The third-order valence-corrected chi connectivity index (χ3v) is 4.41. The standard InChI is InChI=1S/C25H21F3O/c1-3-5-18-9-13-20(22(26)16-18)12-8-17-6-10-19(11-7-17)21-14-15-23(29-4-2)25(28)24(21)27/h3,5-16H,4H2,1-2H3/b5-3+,12-8+. The Morgan fingerprint density at radius 3 is 2.17 bits per heavy atom. The van der Waals surface area contributed by atoms with E-state index in [0.29, 0.717) is 11.1 Å². The number of hydrogen-bond donors (Lipinski definition) is 0. The minimum Gasteiger partial charge on any atom is -0.491 e. The minimum atomic E-state index is -0.995. The predicted octanol–water partition coefficient (Wildman–Crippen LogP) is 7.37. The van der Waals surface area contributed by atoms with Crippen molar-refractivity contribution in [3.8, 4) is 16.9 Å². The Kier molecular flexibility index (Phi) is 6.55. The molecule has 148 valence electrons. The molecule has 0 N–H and O–H groups in total. The van der Waals surface area contributed by atoms with Crippen LogP contribution in [0.5, 0.6) is 5.75 Å². The molecule has 3 rings (SSSR count). The van der Waals surface area contributed by atoms with E-state index in [1.807, 2.05) is 25.1 Å². The lowest BCUT2D eigenvalue weighted by molar-refractivity contribution is 0.314. The molecule has 0 radical (unpaired) electrons. The van der Waals surface area contributed by atoms with Crippen LogP contribution in [0.15, 0.2) is 60.7 Å². The SMILES string of the molecule is C/C=C/c1ccc(/C=C/c2ccc(-c3ccc(OCC)c(F)c3F)cc2)c(F)c1. The van der Waals surface area contributed by atoms with Gasteiger partial charge in [-0.3, -0.25) is 0 Å². The highest BCUT2D eigenvalue weighted by atomic mass is 19.2. The third kappa shape index (κ3) is 4.77. The first-order valence-electron chi connectivity index (χ1n) is 9.35. The van der Waals surface area contributed by atoms with Crippen molar-refractivity contribution in [2.24, 2.45) is 0 Å². The molecule has 0 spiro atoms. The third-order valence-electron chi connectivity index (χ3n) is 4.41. The molecule has 0 saturated carbocycles. The van der Waals surface area contributed by atoms with E-state index < -0.39 is 11.6 Å². The van der Waals surface area contributed by atoms with Gasteiger partial charge in [-0.15, -0.1) is 0 Å². The van der Waals surface area contributed by atoms with E-state index in [4.69, 9.17) is 4.74 Å².